The minimum absolute atomic E-state index is 0.353. The normalized spacial score (nSPS) is 12.4. The van der Waals surface area contributed by atoms with Gasteiger partial charge in [0.2, 0.25) is 0 Å². The van der Waals surface area contributed by atoms with Crippen LogP contribution >= 0.6 is 0 Å². The van der Waals surface area contributed by atoms with Crippen LogP contribution < -0.4 is 14.8 Å². The van der Waals surface area contributed by atoms with Crippen LogP contribution in [-0.2, 0) is 4.79 Å². The van der Waals surface area contributed by atoms with Crippen LogP contribution in [0.1, 0.15) is 24.5 Å². The summed E-state index contributed by atoms with van der Waals surface area (Å²) >= 11 is 0. The Hall–Kier alpha value is -2.70. The molecule has 140 valence electrons. The molecule has 1 atom stereocenters. The van der Waals surface area contributed by atoms with Crippen LogP contribution in [0.2, 0.25) is 0 Å². The van der Waals surface area contributed by atoms with Crippen LogP contribution in [0.5, 0.6) is 11.5 Å². The molecule has 2 rings (SSSR count). The number of hydrogen-bond donors (Lipinski definition) is 1. The van der Waals surface area contributed by atoms with Gasteiger partial charge in [0.1, 0.15) is 11.5 Å². The molecular weight excluding hydrogens is 347 g/mol. The van der Waals surface area contributed by atoms with Crippen molar-refractivity contribution in [2.45, 2.75) is 39.7 Å². The summed E-state index contributed by atoms with van der Waals surface area (Å²) in [5, 5.41) is 2.63. The topological polar surface area (TPSA) is 47.6 Å². The Kier molecular flexibility index (Phi) is 6.13. The van der Waals surface area contributed by atoms with E-state index in [0.29, 0.717) is 17.9 Å². The van der Waals surface area contributed by atoms with E-state index < -0.39 is 12.5 Å². The van der Waals surface area contributed by atoms with Gasteiger partial charge in [-0.3, -0.25) is 4.79 Å². The van der Waals surface area contributed by atoms with Gasteiger partial charge in [-0.15, -0.1) is 13.2 Å². The van der Waals surface area contributed by atoms with E-state index in [1.54, 1.807) is 6.07 Å². The smallest absolute Gasteiger partial charge is 0.481 e. The van der Waals surface area contributed by atoms with Gasteiger partial charge in [0.25, 0.3) is 5.91 Å². The summed E-state index contributed by atoms with van der Waals surface area (Å²) < 4.78 is 46.0. The van der Waals surface area contributed by atoms with Gasteiger partial charge < -0.3 is 14.8 Å². The van der Waals surface area contributed by atoms with Crippen LogP contribution in [-0.4, -0.2) is 18.4 Å². The average Bonchev–Trinajstić information content (AvgIpc) is 2.56. The largest absolute Gasteiger partial charge is 0.573 e. The van der Waals surface area contributed by atoms with Gasteiger partial charge in [-0.05, 0) is 67.8 Å². The van der Waals surface area contributed by atoms with E-state index >= 15 is 0 Å². The number of nitrogens with one attached hydrogen (secondary N) is 1. The highest BCUT2D eigenvalue weighted by Crippen LogP contribution is 2.24. The molecule has 0 spiro atoms. The summed E-state index contributed by atoms with van der Waals surface area (Å²) in [5.74, 6) is -0.145. The number of rotatable bonds is 6. The highest BCUT2D eigenvalue weighted by atomic mass is 19.4. The molecule has 1 N–H and O–H groups in total. The van der Waals surface area contributed by atoms with Crippen molar-refractivity contribution in [1.29, 1.82) is 0 Å². The SMILES string of the molecule is CCC(Oc1ccc(C)c(C)c1)C(=O)Nc1ccc(OC(F)(F)F)cc1. The number of amides is 1. The van der Waals surface area contributed by atoms with Gasteiger partial charge in [-0.25, -0.2) is 0 Å². The van der Waals surface area contributed by atoms with Crippen molar-refractivity contribution in [1.82, 2.24) is 0 Å². The van der Waals surface area contributed by atoms with Gasteiger partial charge in [0.05, 0.1) is 0 Å². The Balaban J connectivity index is 2.01. The molecule has 1 unspecified atom stereocenters. The van der Waals surface area contributed by atoms with Crippen molar-refractivity contribution in [2.24, 2.45) is 0 Å². The second kappa shape index (κ2) is 8.12. The number of carbonyl (C=O) groups excluding carboxylic acids is 1. The molecule has 2 aromatic carbocycles. The molecule has 1 amide bonds. The Bertz CT molecular complexity index is 758. The third-order valence-corrected chi connectivity index (χ3v) is 3.78. The molecule has 2 aromatic rings. The van der Waals surface area contributed by atoms with Gasteiger partial charge >= 0.3 is 6.36 Å². The maximum atomic E-state index is 12.4. The zero-order valence-corrected chi connectivity index (χ0v) is 14.7. The summed E-state index contributed by atoms with van der Waals surface area (Å²) in [6.07, 6.45) is -5.03. The third kappa shape index (κ3) is 5.68. The number of benzene rings is 2. The zero-order chi connectivity index (χ0) is 19.3. The van der Waals surface area contributed by atoms with E-state index in [1.165, 1.54) is 12.1 Å². The number of alkyl halides is 3. The van der Waals surface area contributed by atoms with Crippen molar-refractivity contribution >= 4 is 11.6 Å². The monoisotopic (exact) mass is 367 g/mol. The molecule has 0 aliphatic carbocycles. The van der Waals surface area contributed by atoms with Gasteiger partial charge in [-0.1, -0.05) is 13.0 Å². The molecular formula is C19H20F3NO3. The van der Waals surface area contributed by atoms with Crippen molar-refractivity contribution in [3.05, 3.63) is 53.6 Å². The Morgan fingerprint density at radius 2 is 1.65 bits per heavy atom. The minimum atomic E-state index is -4.75. The summed E-state index contributed by atoms with van der Waals surface area (Å²) in [4.78, 5) is 12.4. The first-order valence-electron chi connectivity index (χ1n) is 8.08. The fourth-order valence-electron chi connectivity index (χ4n) is 2.24. The number of ether oxygens (including phenoxy) is 2. The average molecular weight is 367 g/mol. The summed E-state index contributed by atoms with van der Waals surface area (Å²) in [6.45, 7) is 5.74. The maximum Gasteiger partial charge on any atom is 0.573 e. The molecule has 0 aliphatic rings. The van der Waals surface area contributed by atoms with Crippen LogP contribution in [0.25, 0.3) is 0 Å². The van der Waals surface area contributed by atoms with Crippen LogP contribution in [0, 0.1) is 13.8 Å². The van der Waals surface area contributed by atoms with Crippen molar-refractivity contribution in [3.8, 4) is 11.5 Å². The lowest BCUT2D eigenvalue weighted by molar-refractivity contribution is -0.274. The van der Waals surface area contributed by atoms with Crippen LogP contribution in [0.3, 0.4) is 0 Å². The van der Waals surface area contributed by atoms with Gasteiger partial charge in [-0.2, -0.15) is 0 Å². The molecule has 0 saturated carbocycles. The molecule has 0 aromatic heterocycles. The highest BCUT2D eigenvalue weighted by molar-refractivity contribution is 5.94. The lowest BCUT2D eigenvalue weighted by Gasteiger charge is -2.18. The first kappa shape index (κ1) is 19.6. The number of carbonyl (C=O) groups is 1. The predicted octanol–water partition coefficient (Wildman–Crippen LogP) is 5.00. The molecule has 0 fully saturated rings. The van der Waals surface area contributed by atoms with Gasteiger partial charge in [0.15, 0.2) is 6.10 Å². The molecule has 0 aliphatic heterocycles. The van der Waals surface area contributed by atoms with Crippen molar-refractivity contribution in [2.75, 3.05) is 5.32 Å². The molecule has 0 bridgehead atoms. The number of halogens is 3. The standard InChI is InChI=1S/C19H20F3NO3/c1-4-17(25-16-8-5-12(2)13(3)11-16)18(24)23-14-6-9-15(10-7-14)26-19(20,21)22/h5-11,17H,4H2,1-3H3,(H,23,24). The summed E-state index contributed by atoms with van der Waals surface area (Å²) in [5.41, 5.74) is 2.53. The van der Waals surface area contributed by atoms with E-state index in [2.05, 4.69) is 10.1 Å². The quantitative estimate of drug-likeness (QED) is 0.782. The molecule has 7 heteroatoms. The molecule has 26 heavy (non-hydrogen) atoms. The van der Waals surface area contributed by atoms with Crippen LogP contribution in [0.15, 0.2) is 42.5 Å². The highest BCUT2D eigenvalue weighted by Gasteiger charge is 2.31. The van der Waals surface area contributed by atoms with E-state index in [9.17, 15) is 18.0 Å². The first-order valence-corrected chi connectivity index (χ1v) is 8.08. The predicted molar refractivity (Wildman–Crippen MR) is 92.4 cm³/mol. The van der Waals surface area contributed by atoms with E-state index in [1.807, 2.05) is 32.9 Å². The van der Waals surface area contributed by atoms with E-state index in [4.69, 9.17) is 4.74 Å². The first-order chi connectivity index (χ1) is 12.2. The fourth-order valence-corrected chi connectivity index (χ4v) is 2.24. The molecule has 4 nitrogen and oxygen atoms in total. The minimum Gasteiger partial charge on any atom is -0.481 e. The fraction of sp³-hybridized carbons (Fsp3) is 0.316. The Morgan fingerprint density at radius 1 is 1.04 bits per heavy atom. The molecule has 0 saturated heterocycles. The number of anilines is 1. The third-order valence-electron chi connectivity index (χ3n) is 3.78. The number of hydrogen-bond acceptors (Lipinski definition) is 3. The van der Waals surface area contributed by atoms with Crippen molar-refractivity contribution < 1.29 is 27.4 Å². The second-order valence-electron chi connectivity index (χ2n) is 5.82. The van der Waals surface area contributed by atoms with Crippen molar-refractivity contribution in [3.63, 3.8) is 0 Å². The van der Waals surface area contributed by atoms with Crippen LogP contribution in [0.4, 0.5) is 18.9 Å². The van der Waals surface area contributed by atoms with Gasteiger partial charge in [0, 0.05) is 5.69 Å². The second-order valence-corrected chi connectivity index (χ2v) is 5.82. The molecule has 0 radical (unpaired) electrons. The zero-order valence-electron chi connectivity index (χ0n) is 14.7. The van der Waals surface area contributed by atoms with E-state index in [0.717, 1.165) is 23.3 Å². The summed E-state index contributed by atoms with van der Waals surface area (Å²) in [6, 6.07) is 10.5. The maximum absolute atomic E-state index is 12.4. The Labute approximate surface area is 149 Å². The number of aryl methyl sites for hydroxylation is 2. The van der Waals surface area contributed by atoms with E-state index in [-0.39, 0.29) is 11.7 Å². The summed E-state index contributed by atoms with van der Waals surface area (Å²) in [7, 11) is 0. The molecule has 0 heterocycles. The lowest BCUT2D eigenvalue weighted by Crippen LogP contribution is -2.32. The lowest BCUT2D eigenvalue weighted by atomic mass is 10.1. The Morgan fingerprint density at radius 3 is 2.19 bits per heavy atom.